The zero-order chi connectivity index (χ0) is 25.2. The van der Waals surface area contributed by atoms with E-state index in [1.165, 1.54) is 13.2 Å². The molecule has 2 fully saturated rings. The normalized spacial score (nSPS) is 22.0. The fourth-order valence-corrected chi connectivity index (χ4v) is 5.27. The molecule has 2 aliphatic heterocycles. The first-order valence-electron chi connectivity index (χ1n) is 11.6. The Kier molecular flexibility index (Phi) is 6.95. The summed E-state index contributed by atoms with van der Waals surface area (Å²) < 4.78 is 51.8. The van der Waals surface area contributed by atoms with Crippen LogP contribution >= 0.6 is 0 Å². The van der Waals surface area contributed by atoms with Gasteiger partial charge in [-0.15, -0.1) is 0 Å². The first kappa shape index (κ1) is 24.9. The fraction of sp³-hybridized carbons (Fsp3) is 0.462. The van der Waals surface area contributed by atoms with Crippen LogP contribution in [0.4, 0.5) is 18.9 Å². The second-order valence-corrected chi connectivity index (χ2v) is 9.12. The topological polar surface area (TPSA) is 65.8 Å². The highest BCUT2D eigenvalue weighted by Gasteiger charge is 2.51. The van der Waals surface area contributed by atoms with E-state index < -0.39 is 17.3 Å². The summed E-state index contributed by atoms with van der Waals surface area (Å²) in [5.41, 5.74) is -0.680. The second kappa shape index (κ2) is 9.78. The minimum Gasteiger partial charge on any atom is -0.496 e. The first-order valence-corrected chi connectivity index (χ1v) is 11.6. The van der Waals surface area contributed by atoms with E-state index in [1.54, 1.807) is 36.4 Å². The van der Waals surface area contributed by atoms with E-state index in [-0.39, 0.29) is 17.2 Å². The molecule has 1 amide bonds. The van der Waals surface area contributed by atoms with Crippen molar-refractivity contribution in [1.82, 2.24) is 4.90 Å². The molecule has 0 saturated carbocycles. The lowest BCUT2D eigenvalue weighted by Crippen LogP contribution is -2.49. The molecule has 4 rings (SSSR count). The van der Waals surface area contributed by atoms with Gasteiger partial charge in [-0.3, -0.25) is 4.79 Å². The lowest BCUT2D eigenvalue weighted by Gasteiger charge is -2.44. The zero-order valence-electron chi connectivity index (χ0n) is 19.8. The van der Waals surface area contributed by atoms with Gasteiger partial charge in [-0.1, -0.05) is 12.1 Å². The number of anilines is 1. The SMILES string of the molecule is CCOCC12CCN(c3ccc(C#N)c(C(F)(F)F)c3)CC1CN(C(=O)c1ccccc1OC)C2. The molecule has 0 N–H and O–H groups in total. The van der Waals surface area contributed by atoms with Crippen LogP contribution in [-0.4, -0.2) is 57.3 Å². The van der Waals surface area contributed by atoms with Gasteiger partial charge in [-0.2, -0.15) is 18.4 Å². The number of rotatable bonds is 6. The third kappa shape index (κ3) is 4.80. The zero-order valence-corrected chi connectivity index (χ0v) is 19.8. The van der Waals surface area contributed by atoms with Crippen LogP contribution in [0.25, 0.3) is 0 Å². The molecule has 0 bridgehead atoms. The lowest BCUT2D eigenvalue weighted by molar-refractivity contribution is -0.137. The molecule has 6 nitrogen and oxygen atoms in total. The Morgan fingerprint density at radius 3 is 2.69 bits per heavy atom. The quantitative estimate of drug-likeness (QED) is 0.596. The number of ether oxygens (including phenoxy) is 2. The number of carbonyl (C=O) groups is 1. The summed E-state index contributed by atoms with van der Waals surface area (Å²) in [6.45, 7) is 4.97. The summed E-state index contributed by atoms with van der Waals surface area (Å²) in [5.74, 6) is 0.397. The average molecular weight is 488 g/mol. The van der Waals surface area contributed by atoms with Crippen molar-refractivity contribution in [3.63, 3.8) is 0 Å². The van der Waals surface area contributed by atoms with Gasteiger partial charge in [0.25, 0.3) is 5.91 Å². The van der Waals surface area contributed by atoms with Crippen LogP contribution in [0.5, 0.6) is 5.75 Å². The smallest absolute Gasteiger partial charge is 0.417 e. The van der Waals surface area contributed by atoms with Crippen LogP contribution in [0.1, 0.15) is 34.8 Å². The number of para-hydroxylation sites is 1. The maximum Gasteiger partial charge on any atom is 0.417 e. The molecule has 0 aromatic heterocycles. The number of alkyl halides is 3. The standard InChI is InChI=1S/C26H28F3N3O3/c1-3-35-17-25-10-11-31(20-9-8-18(13-30)22(12-20)26(27,28)29)14-19(25)15-32(16-25)24(33)21-6-4-5-7-23(21)34-2/h4-9,12,19H,3,10-11,14-17H2,1-2H3. The van der Waals surface area contributed by atoms with Gasteiger partial charge in [0.2, 0.25) is 0 Å². The maximum absolute atomic E-state index is 13.5. The molecular weight excluding hydrogens is 459 g/mol. The number of piperidine rings is 1. The van der Waals surface area contributed by atoms with E-state index in [1.807, 2.05) is 16.7 Å². The van der Waals surface area contributed by atoms with E-state index in [0.29, 0.717) is 62.8 Å². The van der Waals surface area contributed by atoms with Gasteiger partial charge in [0.1, 0.15) is 5.75 Å². The number of carbonyl (C=O) groups excluding carboxylic acids is 1. The van der Waals surface area contributed by atoms with Crippen molar-refractivity contribution < 1.29 is 27.4 Å². The molecule has 0 aliphatic carbocycles. The van der Waals surface area contributed by atoms with Crippen molar-refractivity contribution in [1.29, 1.82) is 5.26 Å². The molecule has 35 heavy (non-hydrogen) atoms. The van der Waals surface area contributed by atoms with E-state index in [0.717, 1.165) is 6.07 Å². The Morgan fingerprint density at radius 1 is 1.23 bits per heavy atom. The Hall–Kier alpha value is -3.25. The van der Waals surface area contributed by atoms with Gasteiger partial charge < -0.3 is 19.3 Å². The van der Waals surface area contributed by atoms with Gasteiger partial charge in [-0.25, -0.2) is 0 Å². The molecule has 2 unspecified atom stereocenters. The molecule has 2 saturated heterocycles. The highest BCUT2D eigenvalue weighted by molar-refractivity contribution is 5.97. The maximum atomic E-state index is 13.5. The van der Waals surface area contributed by atoms with Gasteiger partial charge in [-0.05, 0) is 43.7 Å². The van der Waals surface area contributed by atoms with Gasteiger partial charge >= 0.3 is 6.18 Å². The van der Waals surface area contributed by atoms with E-state index in [2.05, 4.69) is 0 Å². The van der Waals surface area contributed by atoms with Gasteiger partial charge in [0, 0.05) is 49.8 Å². The summed E-state index contributed by atoms with van der Waals surface area (Å²) in [7, 11) is 1.52. The largest absolute Gasteiger partial charge is 0.496 e. The highest BCUT2D eigenvalue weighted by atomic mass is 19.4. The van der Waals surface area contributed by atoms with Crippen LogP contribution in [0, 0.1) is 22.7 Å². The number of hydrogen-bond donors (Lipinski definition) is 0. The molecular formula is C26H28F3N3O3. The highest BCUT2D eigenvalue weighted by Crippen LogP contribution is 2.45. The lowest BCUT2D eigenvalue weighted by atomic mass is 9.73. The molecule has 0 spiro atoms. The Labute approximate surface area is 202 Å². The number of methoxy groups -OCH3 is 1. The summed E-state index contributed by atoms with van der Waals surface area (Å²) in [5, 5.41) is 9.11. The van der Waals surface area contributed by atoms with Crippen LogP contribution in [0.15, 0.2) is 42.5 Å². The summed E-state index contributed by atoms with van der Waals surface area (Å²) in [6.07, 6.45) is -3.93. The first-order chi connectivity index (χ1) is 16.7. The van der Waals surface area contributed by atoms with Crippen LogP contribution in [0.2, 0.25) is 0 Å². The fourth-order valence-electron chi connectivity index (χ4n) is 5.27. The molecule has 2 aromatic carbocycles. The number of halogens is 3. The van der Waals surface area contributed by atoms with Crippen molar-refractivity contribution >= 4 is 11.6 Å². The number of amides is 1. The Balaban J connectivity index is 1.60. The van der Waals surface area contributed by atoms with Crippen LogP contribution < -0.4 is 9.64 Å². The minimum atomic E-state index is -4.61. The average Bonchev–Trinajstić information content (AvgIpc) is 3.25. The Bertz CT molecular complexity index is 1130. The number of hydrogen-bond acceptors (Lipinski definition) is 5. The predicted molar refractivity (Wildman–Crippen MR) is 124 cm³/mol. The molecule has 2 heterocycles. The van der Waals surface area contributed by atoms with Crippen molar-refractivity contribution in [2.24, 2.45) is 11.3 Å². The third-order valence-electron chi connectivity index (χ3n) is 7.15. The van der Waals surface area contributed by atoms with E-state index in [4.69, 9.17) is 14.7 Å². The number of nitriles is 1. The predicted octanol–water partition coefficient (Wildman–Crippen LogP) is 4.59. The molecule has 2 aliphatic rings. The third-order valence-corrected chi connectivity index (χ3v) is 7.15. The molecule has 0 radical (unpaired) electrons. The molecule has 2 aromatic rings. The van der Waals surface area contributed by atoms with Crippen molar-refractivity contribution in [3.05, 3.63) is 59.2 Å². The summed E-state index contributed by atoms with van der Waals surface area (Å²) in [6, 6.07) is 12.6. The molecule has 186 valence electrons. The second-order valence-electron chi connectivity index (χ2n) is 9.12. The molecule has 2 atom stereocenters. The van der Waals surface area contributed by atoms with E-state index in [9.17, 15) is 18.0 Å². The van der Waals surface area contributed by atoms with Gasteiger partial charge in [0.15, 0.2) is 0 Å². The van der Waals surface area contributed by atoms with Gasteiger partial charge in [0.05, 0.1) is 36.5 Å². The minimum absolute atomic E-state index is 0.0198. The summed E-state index contributed by atoms with van der Waals surface area (Å²) in [4.78, 5) is 17.1. The molecule has 9 heteroatoms. The number of likely N-dealkylation sites (tertiary alicyclic amines) is 1. The number of benzene rings is 2. The monoisotopic (exact) mass is 487 g/mol. The van der Waals surface area contributed by atoms with Crippen LogP contribution in [-0.2, 0) is 10.9 Å². The van der Waals surface area contributed by atoms with Crippen molar-refractivity contribution in [2.45, 2.75) is 19.5 Å². The van der Waals surface area contributed by atoms with Crippen molar-refractivity contribution in [2.75, 3.05) is 51.4 Å². The van der Waals surface area contributed by atoms with E-state index >= 15 is 0 Å². The van der Waals surface area contributed by atoms with Crippen LogP contribution in [0.3, 0.4) is 0 Å². The number of nitrogens with zero attached hydrogens (tertiary/aromatic N) is 3. The van der Waals surface area contributed by atoms with Crippen molar-refractivity contribution in [3.8, 4) is 11.8 Å². The Morgan fingerprint density at radius 2 is 2.00 bits per heavy atom. The number of fused-ring (bicyclic) bond motifs is 1. The summed E-state index contributed by atoms with van der Waals surface area (Å²) >= 11 is 0.